The minimum Gasteiger partial charge on any atom is -0.493 e. The lowest BCUT2D eigenvalue weighted by atomic mass is 9.75. The largest absolute Gasteiger partial charge is 0.493 e. The van der Waals surface area contributed by atoms with E-state index in [2.05, 4.69) is 5.32 Å². The van der Waals surface area contributed by atoms with E-state index in [-0.39, 0.29) is 18.2 Å². The van der Waals surface area contributed by atoms with Crippen molar-refractivity contribution in [1.29, 1.82) is 0 Å². The Bertz CT molecular complexity index is 976. The third-order valence-corrected chi connectivity index (χ3v) is 7.07. The summed E-state index contributed by atoms with van der Waals surface area (Å²) in [6, 6.07) is 12.6. The Morgan fingerprint density at radius 3 is 2.58 bits per heavy atom. The molecule has 1 aliphatic heterocycles. The maximum atomic E-state index is 13.4. The number of rotatable bonds is 7. The number of hydrogen-bond donors (Lipinski definition) is 1. The molecule has 2 aromatic carbocycles. The Balaban J connectivity index is 1.45. The molecular formula is C27H33ClN2O3. The van der Waals surface area contributed by atoms with Crippen LogP contribution in [0.4, 0.5) is 5.69 Å². The Labute approximate surface area is 201 Å². The number of benzene rings is 2. The second kappa shape index (κ2) is 11.1. The maximum Gasteiger partial charge on any atom is 0.257 e. The van der Waals surface area contributed by atoms with E-state index in [0.717, 1.165) is 37.4 Å². The number of halogens is 1. The van der Waals surface area contributed by atoms with Gasteiger partial charge in [0, 0.05) is 29.9 Å². The van der Waals surface area contributed by atoms with Gasteiger partial charge in [0.15, 0.2) is 0 Å². The molecule has 1 aliphatic carbocycles. The predicted molar refractivity (Wildman–Crippen MR) is 132 cm³/mol. The summed E-state index contributed by atoms with van der Waals surface area (Å²) in [5.74, 6) is 1.85. The molecule has 0 radical (unpaired) electrons. The number of fused-ring (bicyclic) bond motifs is 1. The number of nitrogens with one attached hydrogen (secondary N) is 1. The van der Waals surface area contributed by atoms with Crippen molar-refractivity contribution in [2.24, 2.45) is 11.8 Å². The Hall–Kier alpha value is -2.53. The summed E-state index contributed by atoms with van der Waals surface area (Å²) in [5, 5.41) is 3.57. The number of amides is 2. The first-order valence-corrected chi connectivity index (χ1v) is 12.5. The molecular weight excluding hydrogens is 436 g/mol. The lowest BCUT2D eigenvalue weighted by Gasteiger charge is -2.41. The van der Waals surface area contributed by atoms with Crippen LogP contribution in [0, 0.1) is 11.8 Å². The minimum absolute atomic E-state index is 0.0316. The first kappa shape index (κ1) is 23.6. The highest BCUT2D eigenvalue weighted by atomic mass is 35.5. The molecule has 0 aromatic heterocycles. The molecule has 2 amide bonds. The average Bonchev–Trinajstić information content (AvgIpc) is 2.83. The third-order valence-electron chi connectivity index (χ3n) is 6.81. The van der Waals surface area contributed by atoms with Crippen LogP contribution in [0.1, 0.15) is 61.4 Å². The molecule has 1 saturated carbocycles. The number of ether oxygens (including phenoxy) is 1. The van der Waals surface area contributed by atoms with Crippen LogP contribution < -0.4 is 10.1 Å². The fourth-order valence-corrected chi connectivity index (χ4v) is 5.18. The fraction of sp³-hybridized carbons (Fsp3) is 0.481. The van der Waals surface area contributed by atoms with E-state index in [9.17, 15) is 9.59 Å². The normalized spacial score (nSPS) is 20.1. The van der Waals surface area contributed by atoms with Gasteiger partial charge in [-0.15, -0.1) is 0 Å². The monoisotopic (exact) mass is 468 g/mol. The second-order valence-electron chi connectivity index (χ2n) is 9.26. The Morgan fingerprint density at radius 1 is 1.06 bits per heavy atom. The zero-order valence-corrected chi connectivity index (χ0v) is 20.1. The average molecular weight is 469 g/mol. The van der Waals surface area contributed by atoms with Gasteiger partial charge in [-0.3, -0.25) is 9.59 Å². The third kappa shape index (κ3) is 6.08. The molecule has 6 heteroatoms. The topological polar surface area (TPSA) is 58.6 Å². The predicted octanol–water partition coefficient (Wildman–Crippen LogP) is 5.96. The van der Waals surface area contributed by atoms with E-state index in [4.69, 9.17) is 16.3 Å². The van der Waals surface area contributed by atoms with Gasteiger partial charge in [0.1, 0.15) is 5.75 Å². The molecule has 176 valence electrons. The maximum absolute atomic E-state index is 13.4. The van der Waals surface area contributed by atoms with Crippen molar-refractivity contribution < 1.29 is 14.3 Å². The van der Waals surface area contributed by atoms with Gasteiger partial charge in [-0.05, 0) is 60.9 Å². The number of carbonyl (C=O) groups is 2. The van der Waals surface area contributed by atoms with E-state index in [1.54, 1.807) is 30.3 Å². The highest BCUT2D eigenvalue weighted by molar-refractivity contribution is 6.30. The van der Waals surface area contributed by atoms with Gasteiger partial charge in [0.05, 0.1) is 18.6 Å². The highest BCUT2D eigenvalue weighted by Crippen LogP contribution is 2.37. The lowest BCUT2D eigenvalue weighted by Crippen LogP contribution is -2.44. The van der Waals surface area contributed by atoms with E-state index >= 15 is 0 Å². The van der Waals surface area contributed by atoms with Crippen LogP contribution in [0.15, 0.2) is 42.5 Å². The van der Waals surface area contributed by atoms with Crippen molar-refractivity contribution in [3.05, 3.63) is 58.6 Å². The van der Waals surface area contributed by atoms with Gasteiger partial charge in [0.25, 0.3) is 5.91 Å². The molecule has 2 aliphatic rings. The van der Waals surface area contributed by atoms with Gasteiger partial charge in [-0.25, -0.2) is 0 Å². The molecule has 2 atom stereocenters. The summed E-state index contributed by atoms with van der Waals surface area (Å²) >= 11 is 5.92. The van der Waals surface area contributed by atoms with Crippen molar-refractivity contribution in [2.75, 3.05) is 25.0 Å². The van der Waals surface area contributed by atoms with Crippen LogP contribution in [-0.4, -0.2) is 36.4 Å². The van der Waals surface area contributed by atoms with Gasteiger partial charge >= 0.3 is 0 Å². The van der Waals surface area contributed by atoms with Crippen LogP contribution in [0.2, 0.25) is 5.02 Å². The van der Waals surface area contributed by atoms with Gasteiger partial charge < -0.3 is 15.0 Å². The van der Waals surface area contributed by atoms with E-state index in [1.807, 2.05) is 24.0 Å². The van der Waals surface area contributed by atoms with Gasteiger partial charge in [-0.2, -0.15) is 0 Å². The van der Waals surface area contributed by atoms with Gasteiger partial charge in [-0.1, -0.05) is 49.9 Å². The molecule has 0 bridgehead atoms. The lowest BCUT2D eigenvalue weighted by molar-refractivity contribution is -0.115. The molecule has 33 heavy (non-hydrogen) atoms. The van der Waals surface area contributed by atoms with E-state index in [1.165, 1.54) is 25.7 Å². The molecule has 2 aromatic rings. The summed E-state index contributed by atoms with van der Waals surface area (Å²) < 4.78 is 5.95. The Morgan fingerprint density at radius 2 is 1.82 bits per heavy atom. The molecule has 1 saturated heterocycles. The standard InChI is InChI=1S/C27H33ClN2O3/c1-2-15-33-25-17-23(29-26(31)16-19-7-9-22(28)10-8-19)11-12-24(25)27(32)30-14-13-20-5-3-4-6-21(20)18-30/h7-12,17,20-21H,2-6,13-16,18H2,1H3,(H,29,31)/t20-,21+/m1/s1. The number of hydrogen-bond acceptors (Lipinski definition) is 3. The minimum atomic E-state index is -0.128. The molecule has 1 heterocycles. The molecule has 2 fully saturated rings. The van der Waals surface area contributed by atoms with Crippen LogP contribution in [0.25, 0.3) is 0 Å². The van der Waals surface area contributed by atoms with Crippen molar-refractivity contribution in [3.63, 3.8) is 0 Å². The molecule has 4 rings (SSSR count). The summed E-state index contributed by atoms with van der Waals surface area (Å²) in [6.45, 7) is 4.21. The van der Waals surface area contributed by atoms with Crippen LogP contribution in [-0.2, 0) is 11.2 Å². The summed E-state index contributed by atoms with van der Waals surface area (Å²) in [5.41, 5.74) is 2.09. The van der Waals surface area contributed by atoms with Crippen LogP contribution in [0.5, 0.6) is 5.75 Å². The zero-order chi connectivity index (χ0) is 23.2. The smallest absolute Gasteiger partial charge is 0.257 e. The first-order chi connectivity index (χ1) is 16.0. The van der Waals surface area contributed by atoms with Crippen molar-refractivity contribution in [1.82, 2.24) is 4.90 Å². The van der Waals surface area contributed by atoms with Crippen LogP contribution in [0.3, 0.4) is 0 Å². The number of piperidine rings is 1. The molecule has 0 spiro atoms. The summed E-state index contributed by atoms with van der Waals surface area (Å²) in [6.07, 6.45) is 7.33. The quantitative estimate of drug-likeness (QED) is 0.545. The van der Waals surface area contributed by atoms with Gasteiger partial charge in [0.2, 0.25) is 5.91 Å². The van der Waals surface area contributed by atoms with Crippen molar-refractivity contribution in [2.45, 2.75) is 51.9 Å². The number of carbonyl (C=O) groups excluding carboxylic acids is 2. The number of nitrogens with zero attached hydrogens (tertiary/aromatic N) is 1. The molecule has 1 N–H and O–H groups in total. The summed E-state index contributed by atoms with van der Waals surface area (Å²) in [7, 11) is 0. The first-order valence-electron chi connectivity index (χ1n) is 12.1. The van der Waals surface area contributed by atoms with Crippen molar-refractivity contribution >= 4 is 29.1 Å². The number of likely N-dealkylation sites (tertiary alicyclic amines) is 1. The van der Waals surface area contributed by atoms with Crippen molar-refractivity contribution in [3.8, 4) is 5.75 Å². The zero-order valence-electron chi connectivity index (χ0n) is 19.3. The summed E-state index contributed by atoms with van der Waals surface area (Å²) in [4.78, 5) is 27.9. The molecule has 0 unspecified atom stereocenters. The van der Waals surface area contributed by atoms with E-state index in [0.29, 0.717) is 34.5 Å². The SMILES string of the molecule is CCCOc1cc(NC(=O)Cc2ccc(Cl)cc2)ccc1C(=O)N1CC[C@H]2CCCC[C@H]2C1. The van der Waals surface area contributed by atoms with E-state index < -0.39 is 0 Å². The second-order valence-corrected chi connectivity index (χ2v) is 9.69. The highest BCUT2D eigenvalue weighted by Gasteiger charge is 2.34. The Kier molecular flexibility index (Phi) is 7.92. The van der Waals surface area contributed by atoms with Crippen LogP contribution >= 0.6 is 11.6 Å². The number of anilines is 1. The molecule has 5 nitrogen and oxygen atoms in total. The fourth-order valence-electron chi connectivity index (χ4n) is 5.06.